The Morgan fingerprint density at radius 1 is 0.941 bits per heavy atom. The van der Waals surface area contributed by atoms with Crippen molar-refractivity contribution >= 4 is 48.9 Å². The Bertz CT molecular complexity index is 1410. The van der Waals surface area contributed by atoms with Gasteiger partial charge in [-0.05, 0) is 67.4 Å². The maximum atomic E-state index is 12.9. The van der Waals surface area contributed by atoms with Gasteiger partial charge in [-0.15, -0.1) is 0 Å². The molecule has 2 N–H and O–H groups in total. The zero-order valence-electron chi connectivity index (χ0n) is 17.8. The van der Waals surface area contributed by atoms with Gasteiger partial charge in [0.1, 0.15) is 4.90 Å². The smallest absolute Gasteiger partial charge is 0.261 e. The number of anilines is 2. The molecule has 0 atom stereocenters. The third kappa shape index (κ3) is 5.22. The Kier molecular flexibility index (Phi) is 6.89. The van der Waals surface area contributed by atoms with Gasteiger partial charge in [-0.1, -0.05) is 11.6 Å². The van der Waals surface area contributed by atoms with Crippen molar-refractivity contribution in [1.29, 1.82) is 0 Å². The number of carbonyl (C=O) groups excluding carboxylic acids is 1. The van der Waals surface area contributed by atoms with Crippen LogP contribution in [0.25, 0.3) is 0 Å². The molecule has 0 spiro atoms. The van der Waals surface area contributed by atoms with E-state index >= 15 is 0 Å². The van der Waals surface area contributed by atoms with Crippen LogP contribution in [0, 0.1) is 0 Å². The summed E-state index contributed by atoms with van der Waals surface area (Å²) in [4.78, 5) is 16.5. The van der Waals surface area contributed by atoms with E-state index in [1.54, 1.807) is 12.1 Å². The molecule has 12 heteroatoms. The second kappa shape index (κ2) is 9.71. The second-order valence-corrected chi connectivity index (χ2v) is 11.6. The summed E-state index contributed by atoms with van der Waals surface area (Å²) < 4.78 is 54.6. The summed E-state index contributed by atoms with van der Waals surface area (Å²) in [5, 5.41) is 2.68. The highest BCUT2D eigenvalue weighted by Gasteiger charge is 2.29. The lowest BCUT2D eigenvalue weighted by Gasteiger charge is -2.17. The molecule has 1 amide bonds. The van der Waals surface area contributed by atoms with Crippen LogP contribution >= 0.6 is 11.6 Å². The zero-order chi connectivity index (χ0) is 24.3. The second-order valence-electron chi connectivity index (χ2n) is 7.58. The number of hydrogen-bond acceptors (Lipinski definition) is 6. The molecule has 1 aromatic heterocycles. The van der Waals surface area contributed by atoms with Crippen LogP contribution in [0.1, 0.15) is 23.2 Å². The van der Waals surface area contributed by atoms with Crippen molar-refractivity contribution in [2.45, 2.75) is 22.6 Å². The highest BCUT2D eigenvalue weighted by Crippen LogP contribution is 2.28. The van der Waals surface area contributed by atoms with Crippen LogP contribution in [0.5, 0.6) is 0 Å². The lowest BCUT2D eigenvalue weighted by molar-refractivity contribution is 0.102. The molecule has 1 saturated heterocycles. The van der Waals surface area contributed by atoms with Gasteiger partial charge in [0, 0.05) is 30.5 Å². The van der Waals surface area contributed by atoms with Crippen LogP contribution in [0.3, 0.4) is 0 Å². The van der Waals surface area contributed by atoms with Crippen LogP contribution < -0.4 is 10.0 Å². The van der Waals surface area contributed by atoms with Crippen molar-refractivity contribution in [2.75, 3.05) is 23.1 Å². The van der Waals surface area contributed by atoms with Crippen molar-refractivity contribution in [3.8, 4) is 0 Å². The molecule has 0 unspecified atom stereocenters. The topological polar surface area (TPSA) is 126 Å². The molecular formula is C22H21ClN4O5S2. The number of aromatic nitrogens is 1. The van der Waals surface area contributed by atoms with Gasteiger partial charge in [0.15, 0.2) is 0 Å². The van der Waals surface area contributed by atoms with E-state index in [4.69, 9.17) is 11.6 Å². The first-order valence-electron chi connectivity index (χ1n) is 10.3. The minimum atomic E-state index is -3.83. The van der Waals surface area contributed by atoms with Crippen LogP contribution in [-0.4, -0.2) is 45.1 Å². The molecule has 0 aliphatic carbocycles. The molecule has 3 aromatic rings. The molecule has 0 bridgehead atoms. The number of nitrogens with one attached hydrogen (secondary N) is 2. The Morgan fingerprint density at radius 2 is 1.65 bits per heavy atom. The van der Waals surface area contributed by atoms with Crippen molar-refractivity contribution in [3.63, 3.8) is 0 Å². The van der Waals surface area contributed by atoms with Gasteiger partial charge in [0.05, 0.1) is 21.8 Å². The number of pyridine rings is 1. The number of hydrogen-bond donors (Lipinski definition) is 2. The third-order valence-corrected chi connectivity index (χ3v) is 8.99. The average molecular weight is 521 g/mol. The molecule has 0 radical (unpaired) electrons. The van der Waals surface area contributed by atoms with Crippen LogP contribution in [0.4, 0.5) is 11.4 Å². The fourth-order valence-electron chi connectivity index (χ4n) is 3.47. The van der Waals surface area contributed by atoms with E-state index in [2.05, 4.69) is 15.0 Å². The number of nitrogens with zero attached hydrogens (tertiary/aromatic N) is 2. The molecule has 2 heterocycles. The number of rotatable bonds is 7. The first-order valence-corrected chi connectivity index (χ1v) is 13.6. The van der Waals surface area contributed by atoms with Gasteiger partial charge >= 0.3 is 0 Å². The van der Waals surface area contributed by atoms with E-state index in [0.29, 0.717) is 24.5 Å². The minimum Gasteiger partial charge on any atom is -0.322 e. The Labute approximate surface area is 202 Å². The highest BCUT2D eigenvalue weighted by atomic mass is 35.5. The summed E-state index contributed by atoms with van der Waals surface area (Å²) in [6.07, 6.45) is 4.47. The first-order chi connectivity index (χ1) is 16.2. The Hall–Kier alpha value is -2.99. The summed E-state index contributed by atoms with van der Waals surface area (Å²) in [5.74, 6) is -0.557. The monoisotopic (exact) mass is 520 g/mol. The predicted molar refractivity (Wildman–Crippen MR) is 129 cm³/mol. The van der Waals surface area contributed by atoms with Gasteiger partial charge in [0.2, 0.25) is 10.0 Å². The van der Waals surface area contributed by atoms with Crippen molar-refractivity contribution in [3.05, 3.63) is 77.6 Å². The molecule has 4 rings (SSSR count). The van der Waals surface area contributed by atoms with Gasteiger partial charge in [-0.3, -0.25) is 14.5 Å². The fourth-order valence-corrected chi connectivity index (χ4v) is 6.53. The Morgan fingerprint density at radius 3 is 2.29 bits per heavy atom. The van der Waals surface area contributed by atoms with Crippen LogP contribution in [-0.2, 0) is 20.0 Å². The third-order valence-electron chi connectivity index (χ3n) is 5.21. The summed E-state index contributed by atoms with van der Waals surface area (Å²) in [6, 6.07) is 12.8. The van der Waals surface area contributed by atoms with Crippen LogP contribution in [0.2, 0.25) is 5.02 Å². The molecular weight excluding hydrogens is 500 g/mol. The maximum Gasteiger partial charge on any atom is 0.261 e. The lowest BCUT2D eigenvalue weighted by Crippen LogP contribution is -2.28. The SMILES string of the molecule is O=C(Nc1ccc(S(=O)(=O)Nc2cccnc2)cc1)c1ccc(Cl)c(S(=O)(=O)N2CCCC2)c1. The Balaban J connectivity index is 1.50. The zero-order valence-corrected chi connectivity index (χ0v) is 20.2. The van der Waals surface area contributed by atoms with E-state index in [1.807, 2.05) is 0 Å². The van der Waals surface area contributed by atoms with Gasteiger partial charge in [0.25, 0.3) is 15.9 Å². The van der Waals surface area contributed by atoms with Gasteiger partial charge in [-0.2, -0.15) is 4.31 Å². The first kappa shape index (κ1) is 24.1. The maximum absolute atomic E-state index is 12.9. The molecule has 0 saturated carbocycles. The largest absolute Gasteiger partial charge is 0.322 e. The van der Waals surface area contributed by atoms with E-state index < -0.39 is 26.0 Å². The molecule has 178 valence electrons. The standard InChI is InChI=1S/C22H21ClN4O5S2/c23-20-10-5-16(14-21(20)34(31,32)27-12-1-2-13-27)22(28)25-17-6-8-19(9-7-17)33(29,30)26-18-4-3-11-24-15-18/h3-11,14-15,26H,1-2,12-13H2,(H,25,28). The van der Waals surface area contributed by atoms with Gasteiger partial charge < -0.3 is 5.32 Å². The summed E-state index contributed by atoms with van der Waals surface area (Å²) in [5.41, 5.74) is 0.767. The summed E-state index contributed by atoms with van der Waals surface area (Å²) in [6.45, 7) is 0.833. The number of sulfonamides is 2. The van der Waals surface area contributed by atoms with Crippen molar-refractivity contribution < 1.29 is 21.6 Å². The summed E-state index contributed by atoms with van der Waals surface area (Å²) in [7, 11) is -7.64. The van der Waals surface area contributed by atoms with E-state index in [9.17, 15) is 21.6 Å². The highest BCUT2D eigenvalue weighted by molar-refractivity contribution is 7.92. The molecule has 34 heavy (non-hydrogen) atoms. The normalized spacial score (nSPS) is 14.6. The predicted octanol–water partition coefficient (Wildman–Crippen LogP) is 3.57. The number of halogens is 1. The summed E-state index contributed by atoms with van der Waals surface area (Å²) >= 11 is 6.14. The number of benzene rings is 2. The number of carbonyl (C=O) groups is 1. The molecule has 1 aliphatic heterocycles. The molecule has 9 nitrogen and oxygen atoms in total. The van der Waals surface area contributed by atoms with Gasteiger partial charge in [-0.25, -0.2) is 16.8 Å². The quantitative estimate of drug-likeness (QED) is 0.490. The van der Waals surface area contributed by atoms with Crippen molar-refractivity contribution in [1.82, 2.24) is 9.29 Å². The van der Waals surface area contributed by atoms with E-state index in [0.717, 1.165) is 12.8 Å². The van der Waals surface area contributed by atoms with Crippen LogP contribution in [0.15, 0.2) is 76.8 Å². The van der Waals surface area contributed by atoms with E-state index in [-0.39, 0.29) is 20.4 Å². The van der Waals surface area contributed by atoms with E-state index in [1.165, 1.54) is 59.2 Å². The molecule has 1 aliphatic rings. The molecule has 2 aromatic carbocycles. The number of amides is 1. The lowest BCUT2D eigenvalue weighted by atomic mass is 10.2. The average Bonchev–Trinajstić information content (AvgIpc) is 3.36. The fraction of sp³-hybridized carbons (Fsp3) is 0.182. The minimum absolute atomic E-state index is 0.000150. The molecule has 1 fully saturated rings. The van der Waals surface area contributed by atoms with Crippen molar-refractivity contribution in [2.24, 2.45) is 0 Å².